The Morgan fingerprint density at radius 2 is 1.79 bits per heavy atom. The van der Waals surface area contributed by atoms with Gasteiger partial charge in [-0.1, -0.05) is 39.2 Å². The first-order chi connectivity index (χ1) is 13.9. The van der Waals surface area contributed by atoms with E-state index in [4.69, 9.17) is 0 Å². The highest BCUT2D eigenvalue weighted by atomic mass is 19.1. The second-order valence-electron chi connectivity index (χ2n) is 7.39. The Labute approximate surface area is 170 Å². The lowest BCUT2D eigenvalue weighted by Crippen LogP contribution is -2.42. The highest BCUT2D eigenvalue weighted by molar-refractivity contribution is 6.11. The van der Waals surface area contributed by atoms with Crippen molar-refractivity contribution in [2.75, 3.05) is 6.54 Å². The number of rotatable bonds is 10. The molecule has 2 aromatic rings. The van der Waals surface area contributed by atoms with Crippen LogP contribution in [0.25, 0.3) is 0 Å². The number of pyridine rings is 1. The van der Waals surface area contributed by atoms with Crippen LogP contribution < -0.4 is 10.9 Å². The molecule has 0 radical (unpaired) electrons. The van der Waals surface area contributed by atoms with Gasteiger partial charge in [0.2, 0.25) is 0 Å². The summed E-state index contributed by atoms with van der Waals surface area (Å²) in [6, 6.07) is 6.62. The van der Waals surface area contributed by atoms with Crippen molar-refractivity contribution < 1.29 is 14.0 Å². The quantitative estimate of drug-likeness (QED) is 0.483. The number of unbranched alkanes of at least 4 members (excludes halogenated alkanes) is 1. The van der Waals surface area contributed by atoms with Crippen molar-refractivity contribution in [2.24, 2.45) is 5.92 Å². The van der Waals surface area contributed by atoms with E-state index < -0.39 is 29.1 Å². The zero-order chi connectivity index (χ0) is 21.4. The van der Waals surface area contributed by atoms with Gasteiger partial charge in [0.1, 0.15) is 5.82 Å². The van der Waals surface area contributed by atoms with E-state index in [0.717, 1.165) is 35.8 Å². The molecule has 1 aromatic heterocycles. The zero-order valence-corrected chi connectivity index (χ0v) is 17.3. The third kappa shape index (κ3) is 6.11. The van der Waals surface area contributed by atoms with E-state index in [1.165, 1.54) is 36.5 Å². The average Bonchev–Trinajstić information content (AvgIpc) is 2.71. The molecule has 0 unspecified atom stereocenters. The van der Waals surface area contributed by atoms with Crippen molar-refractivity contribution in [3.8, 4) is 0 Å². The van der Waals surface area contributed by atoms with Gasteiger partial charge in [-0.2, -0.15) is 0 Å². The van der Waals surface area contributed by atoms with Gasteiger partial charge in [-0.05, 0) is 49.1 Å². The molecule has 156 valence electrons. The van der Waals surface area contributed by atoms with Crippen LogP contribution >= 0.6 is 0 Å². The fourth-order valence-electron chi connectivity index (χ4n) is 3.25. The summed E-state index contributed by atoms with van der Waals surface area (Å²) in [5, 5.41) is 2.86. The van der Waals surface area contributed by atoms with E-state index in [-0.39, 0.29) is 5.56 Å². The van der Waals surface area contributed by atoms with E-state index >= 15 is 0 Å². The maximum absolute atomic E-state index is 13.3. The van der Waals surface area contributed by atoms with Crippen LogP contribution in [0.5, 0.6) is 0 Å². The standard InChI is InChI=1S/C23H29FN2O3/c1-4-6-7-17(5-2)14-25-23(29)21(26-15-16(3)8-13-20(26)27)22(28)18-9-11-19(24)12-10-18/h8-13,15,17,21H,4-7,14H2,1-3H3,(H,25,29)/t17-,21+/m1/s1. The zero-order valence-electron chi connectivity index (χ0n) is 17.3. The van der Waals surface area contributed by atoms with Crippen LogP contribution in [0, 0.1) is 18.7 Å². The van der Waals surface area contributed by atoms with E-state index in [2.05, 4.69) is 19.2 Å². The minimum atomic E-state index is -1.34. The topological polar surface area (TPSA) is 68.2 Å². The van der Waals surface area contributed by atoms with Gasteiger partial charge < -0.3 is 5.32 Å². The van der Waals surface area contributed by atoms with Crippen molar-refractivity contribution in [1.29, 1.82) is 0 Å². The maximum Gasteiger partial charge on any atom is 0.251 e. The van der Waals surface area contributed by atoms with Gasteiger partial charge in [0.05, 0.1) is 0 Å². The second kappa shape index (κ2) is 10.7. The number of aryl methyl sites for hydroxylation is 1. The molecule has 29 heavy (non-hydrogen) atoms. The molecule has 0 saturated heterocycles. The first-order valence-electron chi connectivity index (χ1n) is 10.1. The molecule has 1 heterocycles. The van der Waals surface area contributed by atoms with Crippen molar-refractivity contribution in [3.05, 3.63) is 69.9 Å². The smallest absolute Gasteiger partial charge is 0.251 e. The van der Waals surface area contributed by atoms with Crippen molar-refractivity contribution >= 4 is 11.7 Å². The number of aromatic nitrogens is 1. The summed E-state index contributed by atoms with van der Waals surface area (Å²) in [7, 11) is 0. The van der Waals surface area contributed by atoms with Gasteiger partial charge >= 0.3 is 0 Å². The highest BCUT2D eigenvalue weighted by Crippen LogP contribution is 2.17. The van der Waals surface area contributed by atoms with Gasteiger partial charge in [0, 0.05) is 24.4 Å². The number of nitrogens with one attached hydrogen (secondary N) is 1. The van der Waals surface area contributed by atoms with Gasteiger partial charge in [-0.25, -0.2) is 4.39 Å². The number of nitrogens with zero attached hydrogens (tertiary/aromatic N) is 1. The summed E-state index contributed by atoms with van der Waals surface area (Å²) in [4.78, 5) is 38.5. The summed E-state index contributed by atoms with van der Waals surface area (Å²) < 4.78 is 14.4. The Hall–Kier alpha value is -2.76. The average molecular weight is 400 g/mol. The first kappa shape index (κ1) is 22.5. The lowest BCUT2D eigenvalue weighted by atomic mass is 9.98. The van der Waals surface area contributed by atoms with Crippen LogP contribution in [-0.2, 0) is 4.79 Å². The van der Waals surface area contributed by atoms with Gasteiger partial charge in [-0.15, -0.1) is 0 Å². The number of Topliss-reactive ketones (excluding diaryl/α,β-unsaturated/α-hetero) is 1. The second-order valence-corrected chi connectivity index (χ2v) is 7.39. The third-order valence-electron chi connectivity index (χ3n) is 5.10. The molecular formula is C23H29FN2O3. The molecule has 2 rings (SSSR count). The predicted octanol–water partition coefficient (Wildman–Crippen LogP) is 4.05. The fraction of sp³-hybridized carbons (Fsp3) is 0.435. The number of ketones is 1. The van der Waals surface area contributed by atoms with Crippen LogP contribution in [0.15, 0.2) is 47.4 Å². The molecule has 1 aromatic carbocycles. The van der Waals surface area contributed by atoms with Crippen LogP contribution in [0.3, 0.4) is 0 Å². The molecule has 0 bridgehead atoms. The minimum absolute atomic E-state index is 0.179. The number of amides is 1. The number of carbonyl (C=O) groups is 2. The predicted molar refractivity (Wildman–Crippen MR) is 112 cm³/mol. The molecule has 0 spiro atoms. The Morgan fingerprint density at radius 3 is 2.41 bits per heavy atom. The molecule has 1 amide bonds. The maximum atomic E-state index is 13.3. The SMILES string of the molecule is CCCC[C@@H](CC)CNC(=O)[C@H](C(=O)c1ccc(F)cc1)n1cc(C)ccc1=O. The van der Waals surface area contributed by atoms with Crippen LogP contribution in [0.4, 0.5) is 4.39 Å². The molecule has 0 aliphatic carbocycles. The van der Waals surface area contributed by atoms with Crippen LogP contribution in [-0.4, -0.2) is 22.8 Å². The lowest BCUT2D eigenvalue weighted by Gasteiger charge is -2.21. The first-order valence-corrected chi connectivity index (χ1v) is 10.1. The Bertz CT molecular complexity index is 890. The summed E-state index contributed by atoms with van der Waals surface area (Å²) in [5.41, 5.74) is 0.492. The van der Waals surface area contributed by atoms with Gasteiger partial charge in [0.25, 0.3) is 11.5 Å². The van der Waals surface area contributed by atoms with E-state index in [9.17, 15) is 18.8 Å². The lowest BCUT2D eigenvalue weighted by molar-refractivity contribution is -0.123. The fourth-order valence-corrected chi connectivity index (χ4v) is 3.25. The minimum Gasteiger partial charge on any atom is -0.354 e. The van der Waals surface area contributed by atoms with Gasteiger partial charge in [0.15, 0.2) is 11.8 Å². The molecule has 2 atom stereocenters. The van der Waals surface area contributed by atoms with E-state index in [1.807, 2.05) is 0 Å². The third-order valence-corrected chi connectivity index (χ3v) is 5.10. The van der Waals surface area contributed by atoms with Crippen LogP contribution in [0.1, 0.15) is 61.5 Å². The summed E-state index contributed by atoms with van der Waals surface area (Å²) in [5.74, 6) is -1.23. The number of hydrogen-bond acceptors (Lipinski definition) is 3. The van der Waals surface area contributed by atoms with Crippen molar-refractivity contribution in [3.63, 3.8) is 0 Å². The van der Waals surface area contributed by atoms with E-state index in [0.29, 0.717) is 12.5 Å². The summed E-state index contributed by atoms with van der Waals surface area (Å²) >= 11 is 0. The Morgan fingerprint density at radius 1 is 1.10 bits per heavy atom. The van der Waals surface area contributed by atoms with Crippen molar-refractivity contribution in [1.82, 2.24) is 9.88 Å². The molecule has 0 fully saturated rings. The molecule has 1 N–H and O–H groups in total. The van der Waals surface area contributed by atoms with Gasteiger partial charge in [-0.3, -0.25) is 19.0 Å². The largest absolute Gasteiger partial charge is 0.354 e. The summed E-state index contributed by atoms with van der Waals surface area (Å²) in [6.45, 7) is 6.42. The molecular weight excluding hydrogens is 371 g/mol. The Kier molecular flexibility index (Phi) is 8.31. The summed E-state index contributed by atoms with van der Waals surface area (Å²) in [6.07, 6.45) is 5.57. The van der Waals surface area contributed by atoms with Crippen molar-refractivity contribution in [2.45, 2.75) is 52.5 Å². The monoisotopic (exact) mass is 400 g/mol. The highest BCUT2D eigenvalue weighted by Gasteiger charge is 2.30. The van der Waals surface area contributed by atoms with E-state index in [1.54, 1.807) is 13.0 Å². The molecule has 0 saturated carbocycles. The number of benzene rings is 1. The Balaban J connectivity index is 2.32. The van der Waals surface area contributed by atoms with Crippen LogP contribution in [0.2, 0.25) is 0 Å². The normalized spacial score (nSPS) is 13.0. The number of carbonyl (C=O) groups excluding carboxylic acids is 2. The molecule has 0 aliphatic rings. The number of hydrogen-bond donors (Lipinski definition) is 1. The molecule has 0 aliphatic heterocycles. The molecule has 5 nitrogen and oxygen atoms in total. The molecule has 6 heteroatoms. The number of halogens is 1.